The molecule has 0 amide bonds. The summed E-state index contributed by atoms with van der Waals surface area (Å²) in [5.74, 6) is -1.29. The number of likely N-dealkylation sites (tertiary alicyclic amines) is 2. The zero-order chi connectivity index (χ0) is 45.1. The number of aliphatic hydroxyl groups excluding tert-OH is 4. The maximum absolute atomic E-state index is 13.5. The molecule has 2 aliphatic rings. The molecule has 0 spiro atoms. The number of phenolic OH excluding ortho intramolecular Hbond substituents is 4. The summed E-state index contributed by atoms with van der Waals surface area (Å²) in [5, 5.41) is 85.2. The highest BCUT2D eigenvalue weighted by Crippen LogP contribution is 2.45. The molecule has 0 radical (unpaired) electrons. The van der Waals surface area contributed by atoms with E-state index in [1.165, 1.54) is 6.92 Å². The molecular formula is C46H51ClN2O13. The van der Waals surface area contributed by atoms with E-state index in [2.05, 4.69) is 0 Å². The van der Waals surface area contributed by atoms with Gasteiger partial charge in [0.15, 0.2) is 0 Å². The SMILES string of the molecule is Cc1ccc(C(O)c2c(C)oc3c(C4CCN(C)CC4O)c(O)cc(O)c3c2=O)o1.Cc1cccc(C(O)c2c(C)oc3c(C4CCN(C)CC4O)c(O)cc(O)c3c2=O)c1Cl. The number of hydrogen-bond acceptors (Lipinski definition) is 15. The number of aromatic hydroxyl groups is 4. The van der Waals surface area contributed by atoms with Crippen LogP contribution in [0.25, 0.3) is 21.9 Å². The molecule has 330 valence electrons. The first-order chi connectivity index (χ1) is 29.3. The van der Waals surface area contributed by atoms with Gasteiger partial charge in [-0.1, -0.05) is 29.8 Å². The Labute approximate surface area is 360 Å². The fourth-order valence-corrected chi connectivity index (χ4v) is 9.16. The van der Waals surface area contributed by atoms with Crippen LogP contribution >= 0.6 is 11.6 Å². The third-order valence-corrected chi connectivity index (χ3v) is 12.7. The molecular weight excluding hydrogens is 824 g/mol. The second kappa shape index (κ2) is 17.4. The molecule has 6 aromatic rings. The van der Waals surface area contributed by atoms with E-state index in [0.717, 1.165) is 17.7 Å². The van der Waals surface area contributed by atoms with E-state index in [-0.39, 0.29) is 67.4 Å². The lowest BCUT2D eigenvalue weighted by Gasteiger charge is -2.34. The van der Waals surface area contributed by atoms with Crippen LogP contribution in [-0.2, 0) is 0 Å². The van der Waals surface area contributed by atoms with Crippen molar-refractivity contribution >= 4 is 33.5 Å². The Hall–Kier alpha value is -5.39. The number of benzene rings is 3. The summed E-state index contributed by atoms with van der Waals surface area (Å²) in [4.78, 5) is 30.7. The zero-order valence-electron chi connectivity index (χ0n) is 35.1. The molecule has 8 N–H and O–H groups in total. The summed E-state index contributed by atoms with van der Waals surface area (Å²) in [5.41, 5.74) is 0.398. The van der Waals surface area contributed by atoms with E-state index in [4.69, 9.17) is 24.9 Å². The summed E-state index contributed by atoms with van der Waals surface area (Å²) in [7, 11) is 3.78. The fourth-order valence-electron chi connectivity index (χ4n) is 8.93. The quantitative estimate of drug-likeness (QED) is 0.101. The summed E-state index contributed by atoms with van der Waals surface area (Å²) >= 11 is 6.36. The maximum Gasteiger partial charge on any atom is 0.203 e. The molecule has 0 bridgehead atoms. The van der Waals surface area contributed by atoms with Gasteiger partial charge in [-0.25, -0.2) is 0 Å². The summed E-state index contributed by atoms with van der Waals surface area (Å²) in [6.07, 6.45) is -3.21. The number of aliphatic hydroxyl groups is 4. The van der Waals surface area contributed by atoms with E-state index in [1.54, 1.807) is 51.1 Å². The largest absolute Gasteiger partial charge is 0.507 e. The van der Waals surface area contributed by atoms with Gasteiger partial charge in [0.05, 0.1) is 23.3 Å². The van der Waals surface area contributed by atoms with Crippen molar-refractivity contribution in [2.75, 3.05) is 40.3 Å². The highest BCUT2D eigenvalue weighted by atomic mass is 35.5. The summed E-state index contributed by atoms with van der Waals surface area (Å²) in [6.45, 7) is 8.78. The van der Waals surface area contributed by atoms with E-state index in [0.29, 0.717) is 60.9 Å². The zero-order valence-corrected chi connectivity index (χ0v) is 35.9. The minimum absolute atomic E-state index is 0.0184. The highest BCUT2D eigenvalue weighted by Gasteiger charge is 2.36. The number of piperidine rings is 2. The molecule has 15 nitrogen and oxygen atoms in total. The van der Waals surface area contributed by atoms with Gasteiger partial charge in [-0.3, -0.25) is 9.59 Å². The number of rotatable bonds is 6. The number of phenols is 4. The first-order valence-corrected chi connectivity index (χ1v) is 20.6. The van der Waals surface area contributed by atoms with Crippen molar-refractivity contribution in [1.82, 2.24) is 9.80 Å². The lowest BCUT2D eigenvalue weighted by atomic mass is 9.85. The maximum atomic E-state index is 13.5. The van der Waals surface area contributed by atoms with Crippen molar-refractivity contribution in [3.63, 3.8) is 0 Å². The molecule has 62 heavy (non-hydrogen) atoms. The van der Waals surface area contributed by atoms with Crippen molar-refractivity contribution in [1.29, 1.82) is 0 Å². The fraction of sp³-hybridized carbons (Fsp3) is 0.391. The number of likely N-dealkylation sites (N-methyl/N-ethyl adjacent to an activating group) is 2. The smallest absolute Gasteiger partial charge is 0.203 e. The van der Waals surface area contributed by atoms with E-state index in [9.17, 15) is 50.4 Å². The van der Waals surface area contributed by atoms with E-state index >= 15 is 0 Å². The Kier molecular flexibility index (Phi) is 12.5. The summed E-state index contributed by atoms with van der Waals surface area (Å²) in [6, 6.07) is 10.6. The molecule has 2 aliphatic heterocycles. The second-order valence-electron chi connectivity index (χ2n) is 16.5. The van der Waals surface area contributed by atoms with Crippen LogP contribution in [0.2, 0.25) is 5.02 Å². The van der Waals surface area contributed by atoms with Crippen LogP contribution in [0.5, 0.6) is 23.0 Å². The molecule has 0 aliphatic carbocycles. The molecule has 3 aromatic heterocycles. The predicted molar refractivity (Wildman–Crippen MR) is 231 cm³/mol. The van der Waals surface area contributed by atoms with Crippen LogP contribution in [0.1, 0.15) is 93.3 Å². The molecule has 2 fully saturated rings. The van der Waals surface area contributed by atoms with Crippen molar-refractivity contribution < 1.29 is 54.1 Å². The van der Waals surface area contributed by atoms with Crippen LogP contribution in [0.4, 0.5) is 0 Å². The molecule has 3 aromatic carbocycles. The molecule has 2 saturated heterocycles. The molecule has 8 rings (SSSR count). The lowest BCUT2D eigenvalue weighted by Crippen LogP contribution is -2.40. The monoisotopic (exact) mass is 874 g/mol. The first kappa shape index (κ1) is 44.7. The first-order valence-electron chi connectivity index (χ1n) is 20.2. The van der Waals surface area contributed by atoms with Gasteiger partial charge in [0.25, 0.3) is 0 Å². The van der Waals surface area contributed by atoms with Gasteiger partial charge in [-0.2, -0.15) is 0 Å². The molecule has 0 saturated carbocycles. The van der Waals surface area contributed by atoms with Gasteiger partial charge >= 0.3 is 0 Å². The van der Waals surface area contributed by atoms with Crippen LogP contribution in [0.3, 0.4) is 0 Å². The summed E-state index contributed by atoms with van der Waals surface area (Å²) < 4.78 is 17.3. The Morgan fingerprint density at radius 2 is 1.13 bits per heavy atom. The Morgan fingerprint density at radius 3 is 1.56 bits per heavy atom. The van der Waals surface area contributed by atoms with Crippen molar-refractivity contribution in [3.8, 4) is 23.0 Å². The van der Waals surface area contributed by atoms with Crippen LogP contribution in [0, 0.1) is 27.7 Å². The van der Waals surface area contributed by atoms with Gasteiger partial charge < -0.3 is 63.9 Å². The molecule has 16 heteroatoms. The third-order valence-electron chi connectivity index (χ3n) is 12.2. The highest BCUT2D eigenvalue weighted by molar-refractivity contribution is 6.32. The average Bonchev–Trinajstić information content (AvgIpc) is 3.63. The van der Waals surface area contributed by atoms with Gasteiger partial charge in [-0.05, 0) is 85.4 Å². The average molecular weight is 875 g/mol. The number of fused-ring (bicyclic) bond motifs is 2. The van der Waals surface area contributed by atoms with Crippen LogP contribution in [-0.4, -0.2) is 103 Å². The number of hydrogen-bond donors (Lipinski definition) is 8. The normalized spacial score (nSPS) is 20.9. The van der Waals surface area contributed by atoms with Gasteiger partial charge in [-0.15, -0.1) is 0 Å². The minimum atomic E-state index is -1.37. The van der Waals surface area contributed by atoms with Crippen molar-refractivity contribution in [2.24, 2.45) is 0 Å². The Bertz CT molecular complexity index is 2800. The lowest BCUT2D eigenvalue weighted by molar-refractivity contribution is 0.0629. The minimum Gasteiger partial charge on any atom is -0.507 e. The number of halogens is 1. The Morgan fingerprint density at radius 1 is 0.661 bits per heavy atom. The van der Waals surface area contributed by atoms with Crippen LogP contribution in [0.15, 0.2) is 65.3 Å². The standard InChI is InChI=1S/C24H26ClNO6.C22H25NO7/c1-11-5-4-6-14(21(11)25)22(30)18-12(2)32-24-19(13-7-8-26(3)10-17(13)29)15(27)9-16(28)20(24)23(18)31;1-10-4-5-16(29-10)20(27)17-11(2)30-22-18(12-6-7-23(3)9-15(12)26)13(24)8-14(25)19(22)21(17)28/h4-6,9,13,17,22,27-30H,7-8,10H2,1-3H3;4-5,8,12,15,20,24-27H,6-7,9H2,1-3H3. The number of aryl methyl sites for hydroxylation is 4. The van der Waals surface area contributed by atoms with Crippen molar-refractivity contribution in [3.05, 3.63) is 124 Å². The van der Waals surface area contributed by atoms with Crippen LogP contribution < -0.4 is 10.9 Å². The van der Waals surface area contributed by atoms with Gasteiger partial charge in [0.1, 0.15) is 80.2 Å². The van der Waals surface area contributed by atoms with E-state index in [1.807, 2.05) is 23.9 Å². The van der Waals surface area contributed by atoms with E-state index < -0.39 is 58.6 Å². The molecule has 5 heterocycles. The Balaban J connectivity index is 0.000000187. The molecule has 6 atom stereocenters. The second-order valence-corrected chi connectivity index (χ2v) is 16.9. The topological polar surface area (TPSA) is 242 Å². The number of nitrogens with zero attached hydrogens (tertiary/aromatic N) is 2. The predicted octanol–water partition coefficient (Wildman–Crippen LogP) is 5.61. The molecule has 6 unspecified atom stereocenters. The van der Waals surface area contributed by atoms with Crippen molar-refractivity contribution in [2.45, 2.75) is 76.8 Å². The third kappa shape index (κ3) is 8.05. The van der Waals surface area contributed by atoms with Gasteiger partial charge in [0, 0.05) is 58.8 Å². The number of β-amino-alcohol motifs (C(OH)–C–C–N with tert-alkyl or cyclic N) is 2. The number of furan rings is 1. The van der Waals surface area contributed by atoms with Gasteiger partial charge in [0.2, 0.25) is 10.9 Å².